The Kier molecular flexibility index (Phi) is 4.37. The maximum Gasteiger partial charge on any atom is 0.189 e. The number of rotatable bonds is 2. The molecule has 0 aliphatic carbocycles. The van der Waals surface area contributed by atoms with Crippen LogP contribution in [0.1, 0.15) is 0 Å². The first-order valence-corrected chi connectivity index (χ1v) is 13.6. The maximum atomic E-state index is 7.61. The maximum absolute atomic E-state index is 7.61. The van der Waals surface area contributed by atoms with E-state index in [2.05, 4.69) is 129 Å². The van der Waals surface area contributed by atoms with E-state index < -0.39 is 0 Å². The van der Waals surface area contributed by atoms with E-state index in [1.54, 1.807) is 0 Å². The van der Waals surface area contributed by atoms with E-state index in [0.717, 1.165) is 49.7 Å². The zero-order valence-corrected chi connectivity index (χ0v) is 21.9. The van der Waals surface area contributed by atoms with Crippen molar-refractivity contribution in [2.45, 2.75) is 0 Å². The molecule has 0 aliphatic rings. The van der Waals surface area contributed by atoms with Crippen LogP contribution in [0, 0.1) is 6.57 Å². The lowest BCUT2D eigenvalue weighted by Crippen LogP contribution is -1.95. The van der Waals surface area contributed by atoms with Gasteiger partial charge in [-0.25, -0.2) is 4.85 Å². The standard InChI is InChI=1S/C37H21N3O/c1-38-23-17-19-28-27-11-2-5-12-30(27)39(34(28)21-23)24-18-20-35-29(22-24)37-33(15-8-16-36(37)41-35)40-31-13-6-3-9-25(31)26-10-4-7-14-32(26)40/h2-22H. The predicted molar refractivity (Wildman–Crippen MR) is 169 cm³/mol. The highest BCUT2D eigenvalue weighted by Crippen LogP contribution is 2.40. The normalized spacial score (nSPS) is 11.9. The number of aromatic nitrogens is 2. The van der Waals surface area contributed by atoms with Crippen molar-refractivity contribution in [2.24, 2.45) is 0 Å². The van der Waals surface area contributed by atoms with E-state index in [1.807, 2.05) is 12.1 Å². The highest BCUT2D eigenvalue weighted by Gasteiger charge is 2.19. The Balaban J connectivity index is 1.39. The van der Waals surface area contributed by atoms with Gasteiger partial charge in [-0.15, -0.1) is 0 Å². The van der Waals surface area contributed by atoms with Gasteiger partial charge in [-0.05, 0) is 54.6 Å². The van der Waals surface area contributed by atoms with Gasteiger partial charge in [-0.2, -0.15) is 0 Å². The first-order chi connectivity index (χ1) is 20.3. The molecule has 0 spiro atoms. The van der Waals surface area contributed by atoms with Crippen LogP contribution in [-0.2, 0) is 0 Å². The fraction of sp³-hybridized carbons (Fsp3) is 0. The number of hydrogen-bond acceptors (Lipinski definition) is 1. The summed E-state index contributed by atoms with van der Waals surface area (Å²) < 4.78 is 11.1. The van der Waals surface area contributed by atoms with Gasteiger partial charge >= 0.3 is 0 Å². The quantitative estimate of drug-likeness (QED) is 0.207. The molecule has 6 aromatic carbocycles. The highest BCUT2D eigenvalue weighted by molar-refractivity contribution is 6.15. The Morgan fingerprint density at radius 3 is 1.80 bits per heavy atom. The van der Waals surface area contributed by atoms with E-state index >= 15 is 0 Å². The molecule has 0 unspecified atom stereocenters. The molecule has 41 heavy (non-hydrogen) atoms. The lowest BCUT2D eigenvalue weighted by atomic mass is 10.1. The molecule has 0 bridgehead atoms. The van der Waals surface area contributed by atoms with Gasteiger partial charge in [0.1, 0.15) is 11.2 Å². The number of benzene rings is 6. The highest BCUT2D eigenvalue weighted by atomic mass is 16.3. The minimum atomic E-state index is 0.630. The number of hydrogen-bond donors (Lipinski definition) is 0. The molecule has 9 aromatic rings. The average molecular weight is 524 g/mol. The molecule has 0 aliphatic heterocycles. The Morgan fingerprint density at radius 1 is 0.488 bits per heavy atom. The van der Waals surface area contributed by atoms with Crippen LogP contribution >= 0.6 is 0 Å². The summed E-state index contributed by atoms with van der Waals surface area (Å²) in [5.41, 5.74) is 8.92. The van der Waals surface area contributed by atoms with E-state index in [9.17, 15) is 0 Å². The van der Waals surface area contributed by atoms with Crippen LogP contribution in [0.4, 0.5) is 5.69 Å². The minimum absolute atomic E-state index is 0.630. The van der Waals surface area contributed by atoms with Gasteiger partial charge in [0.2, 0.25) is 0 Å². The van der Waals surface area contributed by atoms with Crippen molar-refractivity contribution in [2.75, 3.05) is 0 Å². The molecule has 4 nitrogen and oxygen atoms in total. The van der Waals surface area contributed by atoms with E-state index in [0.29, 0.717) is 5.69 Å². The molecule has 190 valence electrons. The van der Waals surface area contributed by atoms with E-state index in [1.165, 1.54) is 27.2 Å². The third kappa shape index (κ3) is 2.98. The Labute approximate surface area is 234 Å². The summed E-state index contributed by atoms with van der Waals surface area (Å²) in [6, 6.07) is 44.3. The second kappa shape index (κ2) is 8.11. The van der Waals surface area contributed by atoms with Crippen LogP contribution in [0.15, 0.2) is 132 Å². The average Bonchev–Trinajstić information content (AvgIpc) is 3.68. The number of nitrogens with zero attached hydrogens (tertiary/aromatic N) is 3. The first-order valence-electron chi connectivity index (χ1n) is 13.6. The van der Waals surface area contributed by atoms with Crippen LogP contribution in [0.25, 0.3) is 81.8 Å². The third-order valence-corrected chi connectivity index (χ3v) is 8.32. The minimum Gasteiger partial charge on any atom is -0.456 e. The number of furan rings is 1. The lowest BCUT2D eigenvalue weighted by Gasteiger charge is -2.11. The van der Waals surface area contributed by atoms with Crippen LogP contribution in [0.2, 0.25) is 0 Å². The predicted octanol–water partition coefficient (Wildman–Crippen LogP) is 10.3. The fourth-order valence-electron chi connectivity index (χ4n) is 6.61. The third-order valence-electron chi connectivity index (χ3n) is 8.32. The van der Waals surface area contributed by atoms with Gasteiger partial charge in [0.05, 0.1) is 34.2 Å². The summed E-state index contributed by atoms with van der Waals surface area (Å²) in [5, 5.41) is 6.91. The van der Waals surface area contributed by atoms with Crippen molar-refractivity contribution in [3.05, 3.63) is 139 Å². The zero-order valence-electron chi connectivity index (χ0n) is 21.9. The van der Waals surface area contributed by atoms with Crippen molar-refractivity contribution in [3.8, 4) is 11.4 Å². The molecule has 0 fully saturated rings. The Bertz CT molecular complexity index is 2500. The Morgan fingerprint density at radius 2 is 1.12 bits per heavy atom. The van der Waals surface area contributed by atoms with Gasteiger partial charge in [0, 0.05) is 38.1 Å². The summed E-state index contributed by atoms with van der Waals surface area (Å²) in [6.45, 7) is 7.61. The molecule has 4 heteroatoms. The molecule has 0 saturated heterocycles. The van der Waals surface area contributed by atoms with Crippen molar-refractivity contribution >= 4 is 71.2 Å². The molecule has 0 saturated carbocycles. The monoisotopic (exact) mass is 523 g/mol. The molecule has 3 aromatic heterocycles. The second-order valence-electron chi connectivity index (χ2n) is 10.5. The van der Waals surface area contributed by atoms with Crippen LogP contribution in [-0.4, -0.2) is 9.13 Å². The van der Waals surface area contributed by atoms with Gasteiger partial charge in [-0.3, -0.25) is 0 Å². The largest absolute Gasteiger partial charge is 0.456 e. The molecule has 0 N–H and O–H groups in total. The topological polar surface area (TPSA) is 27.4 Å². The zero-order chi connectivity index (χ0) is 27.1. The molecule has 0 radical (unpaired) electrons. The van der Waals surface area contributed by atoms with E-state index in [4.69, 9.17) is 11.0 Å². The summed E-state index contributed by atoms with van der Waals surface area (Å²) >= 11 is 0. The molecule has 0 atom stereocenters. The van der Waals surface area contributed by atoms with Crippen molar-refractivity contribution in [3.63, 3.8) is 0 Å². The van der Waals surface area contributed by atoms with Gasteiger partial charge in [0.25, 0.3) is 0 Å². The summed E-state index contributed by atoms with van der Waals surface area (Å²) in [4.78, 5) is 3.72. The summed E-state index contributed by atoms with van der Waals surface area (Å²) in [6.07, 6.45) is 0. The Hall–Kier alpha value is -5.79. The molecule has 3 heterocycles. The SMILES string of the molecule is [C-]#[N+]c1ccc2c3ccccc3n(-c3ccc4oc5cccc(-n6c7ccccc7c7ccccc76)c5c4c3)c2c1. The second-order valence-corrected chi connectivity index (χ2v) is 10.5. The van der Waals surface area contributed by atoms with Crippen molar-refractivity contribution < 1.29 is 4.42 Å². The molecule has 0 amide bonds. The first kappa shape index (κ1) is 22.1. The smallest absolute Gasteiger partial charge is 0.189 e. The number of fused-ring (bicyclic) bond motifs is 9. The molecular weight excluding hydrogens is 502 g/mol. The molecular formula is C37H21N3O. The van der Waals surface area contributed by atoms with E-state index in [-0.39, 0.29) is 0 Å². The summed E-state index contributed by atoms with van der Waals surface area (Å²) in [7, 11) is 0. The van der Waals surface area contributed by atoms with Crippen molar-refractivity contribution in [1.29, 1.82) is 0 Å². The van der Waals surface area contributed by atoms with Crippen molar-refractivity contribution in [1.82, 2.24) is 9.13 Å². The number of para-hydroxylation sites is 3. The fourth-order valence-corrected chi connectivity index (χ4v) is 6.61. The van der Waals surface area contributed by atoms with Crippen LogP contribution < -0.4 is 0 Å². The van der Waals surface area contributed by atoms with Crippen LogP contribution in [0.5, 0.6) is 0 Å². The van der Waals surface area contributed by atoms with Gasteiger partial charge in [-0.1, -0.05) is 72.8 Å². The van der Waals surface area contributed by atoms with Gasteiger partial charge < -0.3 is 13.6 Å². The molecule has 9 rings (SSSR count). The van der Waals surface area contributed by atoms with Crippen LogP contribution in [0.3, 0.4) is 0 Å². The van der Waals surface area contributed by atoms with Gasteiger partial charge in [0.15, 0.2) is 5.69 Å². The summed E-state index contributed by atoms with van der Waals surface area (Å²) in [5.74, 6) is 0. The lowest BCUT2D eigenvalue weighted by molar-refractivity contribution is 0.669.